The summed E-state index contributed by atoms with van der Waals surface area (Å²) in [5.41, 5.74) is 0. The Hall–Kier alpha value is -0.803. The molecule has 0 saturated carbocycles. The van der Waals surface area contributed by atoms with E-state index in [0.717, 1.165) is 10.9 Å². The van der Waals surface area contributed by atoms with Gasteiger partial charge in [0.25, 0.3) is 0 Å². The zero-order valence-corrected chi connectivity index (χ0v) is 7.29. The van der Waals surface area contributed by atoms with E-state index in [1.165, 1.54) is 0 Å². The molecule has 0 radical (unpaired) electrons. The van der Waals surface area contributed by atoms with Crippen molar-refractivity contribution in [2.75, 3.05) is 7.11 Å². The lowest BCUT2D eigenvalue weighted by Crippen LogP contribution is -2.15. The molecule has 0 aliphatic carbocycles. The van der Waals surface area contributed by atoms with Crippen LogP contribution in [0.3, 0.4) is 0 Å². The minimum absolute atomic E-state index is 0.802. The van der Waals surface area contributed by atoms with Crippen molar-refractivity contribution in [3.63, 3.8) is 0 Å². The maximum Gasteiger partial charge on any atom is 0.191 e. The molecule has 0 heterocycles. The molecule has 1 aromatic rings. The van der Waals surface area contributed by atoms with Crippen molar-refractivity contribution in [1.29, 1.82) is 0 Å². The number of rotatable bonds is 2. The van der Waals surface area contributed by atoms with Crippen LogP contribution < -0.4 is 9.92 Å². The molecule has 1 N–H and O–H groups in total. The van der Waals surface area contributed by atoms with Crippen LogP contribution >= 0.6 is 0 Å². The SMILES string of the molecule is COc1ccccc1[SiH2]O. The van der Waals surface area contributed by atoms with E-state index in [1.54, 1.807) is 7.11 Å². The fraction of sp³-hybridized carbons (Fsp3) is 0.143. The molecule has 0 amide bonds. The Kier molecular flexibility index (Phi) is 2.47. The molecular formula is C7H10O2Si. The van der Waals surface area contributed by atoms with Crippen LogP contribution in [0.5, 0.6) is 5.75 Å². The van der Waals surface area contributed by atoms with Crippen LogP contribution in [0.2, 0.25) is 0 Å². The standard InChI is InChI=1S/C7H10O2Si/c1-9-6-4-2-3-5-7(6)10-8/h2-5,8H,10H2,1H3. The fourth-order valence-corrected chi connectivity index (χ4v) is 1.49. The fourth-order valence-electron chi connectivity index (χ4n) is 0.834. The number of benzene rings is 1. The second-order valence-corrected chi connectivity index (χ2v) is 3.05. The van der Waals surface area contributed by atoms with Crippen molar-refractivity contribution in [3.8, 4) is 5.75 Å². The van der Waals surface area contributed by atoms with Crippen LogP contribution in [0, 0.1) is 0 Å². The highest BCUT2D eigenvalue weighted by atomic mass is 28.2. The van der Waals surface area contributed by atoms with E-state index in [0.29, 0.717) is 0 Å². The number of hydrogen-bond donors (Lipinski definition) is 1. The van der Waals surface area contributed by atoms with E-state index in [4.69, 9.17) is 9.53 Å². The third-order valence-electron chi connectivity index (χ3n) is 1.36. The van der Waals surface area contributed by atoms with E-state index in [9.17, 15) is 0 Å². The van der Waals surface area contributed by atoms with Crippen molar-refractivity contribution in [1.82, 2.24) is 0 Å². The van der Waals surface area contributed by atoms with Crippen molar-refractivity contribution >= 4 is 14.9 Å². The first-order valence-electron chi connectivity index (χ1n) is 3.11. The molecule has 0 spiro atoms. The van der Waals surface area contributed by atoms with Crippen LogP contribution in [0.4, 0.5) is 0 Å². The Balaban J connectivity index is 2.96. The second kappa shape index (κ2) is 3.39. The van der Waals surface area contributed by atoms with Gasteiger partial charge in [0.1, 0.15) is 5.75 Å². The third-order valence-corrected chi connectivity index (χ3v) is 2.29. The van der Waals surface area contributed by atoms with Gasteiger partial charge in [-0.15, -0.1) is 0 Å². The first kappa shape index (κ1) is 7.31. The van der Waals surface area contributed by atoms with Gasteiger partial charge in [-0.2, -0.15) is 0 Å². The first-order valence-corrected chi connectivity index (χ1v) is 4.45. The van der Waals surface area contributed by atoms with Gasteiger partial charge in [-0.25, -0.2) is 0 Å². The number of methoxy groups -OCH3 is 1. The van der Waals surface area contributed by atoms with Gasteiger partial charge in [-0.3, -0.25) is 0 Å². The van der Waals surface area contributed by atoms with E-state index in [-0.39, 0.29) is 0 Å². The zero-order valence-electron chi connectivity index (χ0n) is 5.87. The topological polar surface area (TPSA) is 29.5 Å². The molecule has 1 rings (SSSR count). The average molecular weight is 154 g/mol. The van der Waals surface area contributed by atoms with Gasteiger partial charge >= 0.3 is 0 Å². The minimum atomic E-state index is -1.07. The molecule has 3 heteroatoms. The summed E-state index contributed by atoms with van der Waals surface area (Å²) in [5.74, 6) is 0.802. The lowest BCUT2D eigenvalue weighted by Gasteiger charge is -2.02. The summed E-state index contributed by atoms with van der Waals surface area (Å²) >= 11 is 0. The van der Waals surface area contributed by atoms with E-state index < -0.39 is 9.76 Å². The molecule has 0 aliphatic rings. The number of para-hydroxylation sites is 1. The zero-order chi connectivity index (χ0) is 7.40. The highest BCUT2D eigenvalue weighted by Gasteiger charge is 1.97. The number of ether oxygens (including phenoxy) is 1. The molecule has 0 unspecified atom stereocenters. The van der Waals surface area contributed by atoms with Crippen LogP contribution in [0.25, 0.3) is 0 Å². The summed E-state index contributed by atoms with van der Waals surface area (Å²) in [6.45, 7) is 0. The normalized spacial score (nSPS) is 10.6. The Morgan fingerprint density at radius 3 is 2.60 bits per heavy atom. The van der Waals surface area contributed by atoms with Gasteiger partial charge in [0.15, 0.2) is 9.76 Å². The van der Waals surface area contributed by atoms with Crippen LogP contribution in [-0.2, 0) is 0 Å². The van der Waals surface area contributed by atoms with Crippen molar-refractivity contribution in [2.45, 2.75) is 0 Å². The summed E-state index contributed by atoms with van der Waals surface area (Å²) in [6.07, 6.45) is 0. The Morgan fingerprint density at radius 1 is 1.40 bits per heavy atom. The summed E-state index contributed by atoms with van der Waals surface area (Å²) in [6, 6.07) is 7.55. The molecule has 2 nitrogen and oxygen atoms in total. The third kappa shape index (κ3) is 1.37. The predicted octanol–water partition coefficient (Wildman–Crippen LogP) is -0.603. The molecule has 54 valence electrons. The van der Waals surface area contributed by atoms with Gasteiger partial charge in [0, 0.05) is 5.19 Å². The van der Waals surface area contributed by atoms with Gasteiger partial charge in [0.2, 0.25) is 0 Å². The largest absolute Gasteiger partial charge is 0.497 e. The van der Waals surface area contributed by atoms with Crippen LogP contribution in [-0.4, -0.2) is 21.7 Å². The smallest absolute Gasteiger partial charge is 0.191 e. The lowest BCUT2D eigenvalue weighted by molar-refractivity contribution is 0.417. The quantitative estimate of drug-likeness (QED) is 0.576. The molecule has 0 atom stereocenters. The molecule has 0 bridgehead atoms. The Bertz CT molecular complexity index is 190. The monoisotopic (exact) mass is 154 g/mol. The molecule has 1 aromatic carbocycles. The highest BCUT2D eigenvalue weighted by molar-refractivity contribution is 6.46. The van der Waals surface area contributed by atoms with Crippen molar-refractivity contribution < 1.29 is 9.53 Å². The number of hydrogen-bond acceptors (Lipinski definition) is 2. The van der Waals surface area contributed by atoms with Crippen LogP contribution in [0.15, 0.2) is 24.3 Å². The van der Waals surface area contributed by atoms with Gasteiger partial charge in [0.05, 0.1) is 7.11 Å². The second-order valence-electron chi connectivity index (χ2n) is 1.97. The van der Waals surface area contributed by atoms with E-state index in [1.807, 2.05) is 24.3 Å². The van der Waals surface area contributed by atoms with Crippen molar-refractivity contribution in [2.24, 2.45) is 0 Å². The molecule has 0 fully saturated rings. The summed E-state index contributed by atoms with van der Waals surface area (Å²) in [4.78, 5) is 8.91. The van der Waals surface area contributed by atoms with Crippen molar-refractivity contribution in [3.05, 3.63) is 24.3 Å². The van der Waals surface area contributed by atoms with Gasteiger partial charge < -0.3 is 9.53 Å². The van der Waals surface area contributed by atoms with E-state index >= 15 is 0 Å². The van der Waals surface area contributed by atoms with Crippen LogP contribution in [0.1, 0.15) is 0 Å². The predicted molar refractivity (Wildman–Crippen MR) is 43.4 cm³/mol. The average Bonchev–Trinajstić information content (AvgIpc) is 2.04. The molecule has 10 heavy (non-hydrogen) atoms. The molecular weight excluding hydrogens is 144 g/mol. The molecule has 0 aromatic heterocycles. The first-order chi connectivity index (χ1) is 4.88. The maximum atomic E-state index is 8.91. The highest BCUT2D eigenvalue weighted by Crippen LogP contribution is 2.02. The van der Waals surface area contributed by atoms with Gasteiger partial charge in [-0.1, -0.05) is 18.2 Å². The maximum absolute atomic E-state index is 8.91. The summed E-state index contributed by atoms with van der Waals surface area (Å²) in [7, 11) is 0.540. The summed E-state index contributed by atoms with van der Waals surface area (Å²) in [5, 5.41) is 0.963. The molecule has 0 aliphatic heterocycles. The Morgan fingerprint density at radius 2 is 2.10 bits per heavy atom. The Labute approximate surface area is 62.4 Å². The minimum Gasteiger partial charge on any atom is -0.497 e. The van der Waals surface area contributed by atoms with Gasteiger partial charge in [-0.05, 0) is 6.07 Å². The van der Waals surface area contributed by atoms with E-state index in [2.05, 4.69) is 0 Å². The summed E-state index contributed by atoms with van der Waals surface area (Å²) < 4.78 is 5.01. The molecule has 0 saturated heterocycles. The lowest BCUT2D eigenvalue weighted by atomic mass is 10.3.